The number of quaternary nitrogens is 1. The summed E-state index contributed by atoms with van der Waals surface area (Å²) in [5.74, 6) is -2.25. The average molecular weight is 1070 g/mol. The van der Waals surface area contributed by atoms with Gasteiger partial charge in [-0.2, -0.15) is 0 Å². The number of likely N-dealkylation sites (N-methyl/N-ethyl adjacent to an activating group) is 1. The normalized spacial score (nSPS) is 12.8. The van der Waals surface area contributed by atoms with E-state index in [-0.39, 0.29) is 32.2 Å². The van der Waals surface area contributed by atoms with Gasteiger partial charge in [-0.25, -0.2) is 0 Å². The Labute approximate surface area is 471 Å². The summed E-state index contributed by atoms with van der Waals surface area (Å²) in [6, 6.07) is 0. The van der Waals surface area contributed by atoms with Gasteiger partial charge in [0, 0.05) is 12.8 Å². The maximum atomic E-state index is 12.9. The van der Waals surface area contributed by atoms with Crippen LogP contribution in [0.25, 0.3) is 0 Å². The first-order valence-corrected chi connectivity index (χ1v) is 33.0. The number of carbonyl (C=O) groups excluding carboxylic acids is 3. The highest BCUT2D eigenvalue weighted by Crippen LogP contribution is 2.18. The lowest BCUT2D eigenvalue weighted by atomic mass is 10.0. The molecule has 0 N–H and O–H groups in total. The third-order valence-corrected chi connectivity index (χ3v) is 15.0. The summed E-state index contributed by atoms with van der Waals surface area (Å²) >= 11 is 0. The third-order valence-electron chi connectivity index (χ3n) is 15.0. The molecule has 9 heteroatoms. The SMILES string of the molecule is CCCCCCC/C=C\C/C=C\CCCCCCCCCCCCCCCCCCCCCCCCCC(=O)OC(COC(=O)CCCCCCCCCCCCCCCCCC)COC(OCC[N+](C)(C)C)C(=O)[O-]. The zero-order chi connectivity index (χ0) is 55.5. The van der Waals surface area contributed by atoms with Crippen LogP contribution in [0.2, 0.25) is 0 Å². The van der Waals surface area contributed by atoms with Crippen LogP contribution in [0.15, 0.2) is 24.3 Å². The van der Waals surface area contributed by atoms with Crippen LogP contribution < -0.4 is 5.11 Å². The molecular formula is C67H127NO8. The first-order valence-electron chi connectivity index (χ1n) is 33.0. The highest BCUT2D eigenvalue weighted by atomic mass is 16.7. The number of esters is 2. The van der Waals surface area contributed by atoms with Gasteiger partial charge < -0.3 is 33.3 Å². The fourth-order valence-corrected chi connectivity index (χ4v) is 9.87. The summed E-state index contributed by atoms with van der Waals surface area (Å²) in [5.41, 5.74) is 0. The van der Waals surface area contributed by atoms with Crippen LogP contribution in [0.1, 0.15) is 328 Å². The molecule has 0 saturated carbocycles. The van der Waals surface area contributed by atoms with Gasteiger partial charge >= 0.3 is 11.9 Å². The summed E-state index contributed by atoms with van der Waals surface area (Å²) in [7, 11) is 5.94. The average Bonchev–Trinajstić information content (AvgIpc) is 3.39. The highest BCUT2D eigenvalue weighted by Gasteiger charge is 2.22. The van der Waals surface area contributed by atoms with E-state index in [9.17, 15) is 19.5 Å². The number of ether oxygens (including phenoxy) is 4. The minimum atomic E-state index is -1.62. The Balaban J connectivity index is 4.00. The first kappa shape index (κ1) is 73.8. The van der Waals surface area contributed by atoms with Crippen LogP contribution in [0.5, 0.6) is 0 Å². The number of nitrogens with zero attached hydrogens (tertiary/aromatic N) is 1. The Kier molecular flexibility index (Phi) is 57.2. The van der Waals surface area contributed by atoms with Crippen LogP contribution in [0.3, 0.4) is 0 Å². The van der Waals surface area contributed by atoms with Gasteiger partial charge in [-0.3, -0.25) is 9.59 Å². The maximum absolute atomic E-state index is 12.9. The molecule has 0 radical (unpaired) electrons. The molecule has 0 aliphatic carbocycles. The lowest BCUT2D eigenvalue weighted by Crippen LogP contribution is -2.44. The van der Waals surface area contributed by atoms with E-state index in [1.807, 2.05) is 21.1 Å². The van der Waals surface area contributed by atoms with E-state index in [0.29, 0.717) is 17.4 Å². The summed E-state index contributed by atoms with van der Waals surface area (Å²) in [6.07, 6.45) is 68.3. The van der Waals surface area contributed by atoms with E-state index in [1.54, 1.807) is 0 Å². The molecular weight excluding hydrogens is 947 g/mol. The Morgan fingerprint density at radius 3 is 1.04 bits per heavy atom. The van der Waals surface area contributed by atoms with Gasteiger partial charge in [0.15, 0.2) is 12.4 Å². The van der Waals surface area contributed by atoms with Crippen LogP contribution in [-0.2, 0) is 33.3 Å². The van der Waals surface area contributed by atoms with Gasteiger partial charge in [0.1, 0.15) is 13.2 Å². The Hall–Kier alpha value is -2.23. The molecule has 0 heterocycles. The lowest BCUT2D eigenvalue weighted by molar-refractivity contribution is -0.870. The summed E-state index contributed by atoms with van der Waals surface area (Å²) in [6.45, 7) is 4.80. The number of aliphatic carboxylic acids is 1. The number of carboxylic acids is 1. The van der Waals surface area contributed by atoms with Gasteiger partial charge in [0.2, 0.25) is 0 Å². The van der Waals surface area contributed by atoms with Gasteiger partial charge in [0.05, 0.1) is 40.3 Å². The lowest BCUT2D eigenvalue weighted by Gasteiger charge is -2.26. The van der Waals surface area contributed by atoms with Gasteiger partial charge in [-0.15, -0.1) is 0 Å². The molecule has 2 atom stereocenters. The van der Waals surface area contributed by atoms with Crippen LogP contribution in [-0.4, -0.2) is 82.3 Å². The molecule has 0 fully saturated rings. The van der Waals surface area contributed by atoms with E-state index in [1.165, 1.54) is 257 Å². The standard InChI is InChI=1S/C67H127NO8/c1-6-8-10-12-14-16-18-20-22-24-25-26-27-28-29-30-31-32-33-34-35-36-37-38-39-40-41-42-44-46-48-50-52-54-56-58-65(70)76-63(62-75-67(66(71)72)73-60-59-68(3,4)5)61-74-64(69)57-55-53-51-49-47-45-43-23-21-19-17-15-13-11-9-7-2/h18,20,24-25,63,67H,6-17,19,21-23,26-62H2,1-5H3/b20-18-,25-24-. The molecule has 2 unspecified atom stereocenters. The van der Waals surface area contributed by atoms with Crippen molar-refractivity contribution in [2.45, 2.75) is 341 Å². The summed E-state index contributed by atoms with van der Waals surface area (Å²) < 4.78 is 22.8. The minimum Gasteiger partial charge on any atom is -0.545 e. The summed E-state index contributed by atoms with van der Waals surface area (Å²) in [4.78, 5) is 37.3. The topological polar surface area (TPSA) is 111 Å². The van der Waals surface area contributed by atoms with Crippen LogP contribution in [0.4, 0.5) is 0 Å². The molecule has 0 aliphatic heterocycles. The molecule has 0 saturated heterocycles. The molecule has 0 rings (SSSR count). The Morgan fingerprint density at radius 1 is 0.395 bits per heavy atom. The Morgan fingerprint density at radius 2 is 0.711 bits per heavy atom. The molecule has 0 aliphatic rings. The fourth-order valence-electron chi connectivity index (χ4n) is 9.87. The smallest absolute Gasteiger partial charge is 0.306 e. The fraction of sp³-hybridized carbons (Fsp3) is 0.896. The maximum Gasteiger partial charge on any atom is 0.306 e. The second-order valence-corrected chi connectivity index (χ2v) is 23.8. The van der Waals surface area contributed by atoms with Crippen molar-refractivity contribution >= 4 is 17.9 Å². The van der Waals surface area contributed by atoms with E-state index in [4.69, 9.17) is 18.9 Å². The van der Waals surface area contributed by atoms with Crippen molar-refractivity contribution in [2.24, 2.45) is 0 Å². The van der Waals surface area contributed by atoms with Crippen molar-refractivity contribution in [1.82, 2.24) is 0 Å². The number of hydrogen-bond donors (Lipinski definition) is 0. The molecule has 9 nitrogen and oxygen atoms in total. The van der Waals surface area contributed by atoms with Crippen molar-refractivity contribution in [1.29, 1.82) is 0 Å². The predicted molar refractivity (Wildman–Crippen MR) is 320 cm³/mol. The van der Waals surface area contributed by atoms with E-state index in [0.717, 1.165) is 44.9 Å². The first-order chi connectivity index (χ1) is 37.1. The monoisotopic (exact) mass is 1070 g/mol. The van der Waals surface area contributed by atoms with E-state index < -0.39 is 24.3 Å². The number of rotatable bonds is 62. The van der Waals surface area contributed by atoms with Gasteiger partial charge in [-0.05, 0) is 44.9 Å². The zero-order valence-electron chi connectivity index (χ0n) is 51.2. The molecule has 448 valence electrons. The summed E-state index contributed by atoms with van der Waals surface area (Å²) in [5, 5.41) is 11.8. The second-order valence-electron chi connectivity index (χ2n) is 23.8. The minimum absolute atomic E-state index is 0.152. The highest BCUT2D eigenvalue weighted by molar-refractivity contribution is 5.70. The van der Waals surface area contributed by atoms with E-state index in [2.05, 4.69) is 38.2 Å². The van der Waals surface area contributed by atoms with Crippen LogP contribution in [0, 0.1) is 0 Å². The van der Waals surface area contributed by atoms with Gasteiger partial charge in [-0.1, -0.05) is 295 Å². The van der Waals surface area contributed by atoms with Crippen molar-refractivity contribution in [3.8, 4) is 0 Å². The largest absolute Gasteiger partial charge is 0.545 e. The van der Waals surface area contributed by atoms with E-state index >= 15 is 0 Å². The van der Waals surface area contributed by atoms with Crippen molar-refractivity contribution in [3.63, 3.8) is 0 Å². The zero-order valence-corrected chi connectivity index (χ0v) is 51.2. The Bertz CT molecular complexity index is 1300. The quantitative estimate of drug-likeness (QED) is 0.0195. The van der Waals surface area contributed by atoms with Gasteiger partial charge in [0.25, 0.3) is 0 Å². The molecule has 76 heavy (non-hydrogen) atoms. The molecule has 0 spiro atoms. The van der Waals surface area contributed by atoms with Crippen LogP contribution >= 0.6 is 0 Å². The van der Waals surface area contributed by atoms with Crippen molar-refractivity contribution < 1.29 is 42.9 Å². The number of unbranched alkanes of at least 4 members (excludes halogenated alkanes) is 43. The van der Waals surface area contributed by atoms with Crippen molar-refractivity contribution in [2.75, 3.05) is 47.5 Å². The second kappa shape index (κ2) is 58.9. The molecule has 0 aromatic carbocycles. The predicted octanol–water partition coefficient (Wildman–Crippen LogP) is 18.5. The number of hydrogen-bond acceptors (Lipinski definition) is 8. The third kappa shape index (κ3) is 59.4. The number of carbonyl (C=O) groups is 3. The molecule has 0 aromatic rings. The number of allylic oxidation sites excluding steroid dienone is 4. The molecule has 0 bridgehead atoms. The molecule has 0 aromatic heterocycles. The number of carboxylic acid groups (broad SMARTS) is 1. The molecule has 0 amide bonds. The van der Waals surface area contributed by atoms with Crippen molar-refractivity contribution in [3.05, 3.63) is 24.3 Å².